The molecular formula is C80H51BN4O. The van der Waals surface area contributed by atoms with Crippen molar-refractivity contribution in [3.05, 3.63) is 306 Å². The number of aryl methyl sites for hydroxylation is 2. The molecule has 1 spiro atoms. The quantitative estimate of drug-likeness (QED) is 0.161. The van der Waals surface area contributed by atoms with Crippen LogP contribution in [0.1, 0.15) is 33.4 Å². The van der Waals surface area contributed by atoms with Crippen molar-refractivity contribution in [2.24, 2.45) is 0 Å². The normalized spacial score (nSPS) is 14.8. The summed E-state index contributed by atoms with van der Waals surface area (Å²) in [6.07, 6.45) is 1.92. The lowest BCUT2D eigenvalue weighted by atomic mass is 9.33. The van der Waals surface area contributed by atoms with E-state index in [2.05, 4.69) is 295 Å². The van der Waals surface area contributed by atoms with Crippen LogP contribution in [-0.4, -0.2) is 16.3 Å². The Morgan fingerprint density at radius 3 is 1.76 bits per heavy atom. The van der Waals surface area contributed by atoms with E-state index in [0.29, 0.717) is 0 Å². The fourth-order valence-corrected chi connectivity index (χ4v) is 15.9. The van der Waals surface area contributed by atoms with Gasteiger partial charge in [0.15, 0.2) is 0 Å². The number of furan rings is 1. The van der Waals surface area contributed by atoms with E-state index < -0.39 is 5.41 Å². The molecule has 4 aliphatic rings. The van der Waals surface area contributed by atoms with E-state index in [4.69, 9.17) is 9.40 Å². The molecule has 0 saturated heterocycles. The smallest absolute Gasteiger partial charge is 0.252 e. The molecule has 15 aromatic rings. The van der Waals surface area contributed by atoms with Crippen LogP contribution >= 0.6 is 0 Å². The minimum absolute atomic E-state index is 0.117. The van der Waals surface area contributed by atoms with E-state index in [9.17, 15) is 0 Å². The first kappa shape index (κ1) is 47.5. The molecule has 6 heteroatoms. The Morgan fingerprint density at radius 2 is 1.00 bits per heavy atom. The summed E-state index contributed by atoms with van der Waals surface area (Å²) in [6.45, 7) is 4.39. The molecule has 1 atom stereocenters. The van der Waals surface area contributed by atoms with Crippen LogP contribution in [0.3, 0.4) is 0 Å². The van der Waals surface area contributed by atoms with Gasteiger partial charge in [-0.15, -0.1) is 0 Å². The monoisotopic (exact) mass is 1090 g/mol. The number of benzene rings is 12. The van der Waals surface area contributed by atoms with Crippen LogP contribution in [0.15, 0.2) is 278 Å². The highest BCUT2D eigenvalue weighted by Gasteiger charge is 2.55. The zero-order valence-corrected chi connectivity index (χ0v) is 47.3. The topological polar surface area (TPSA) is 37.4 Å². The molecule has 19 rings (SSSR count). The van der Waals surface area contributed by atoms with E-state index in [-0.39, 0.29) is 6.71 Å². The molecule has 400 valence electrons. The van der Waals surface area contributed by atoms with E-state index in [0.717, 1.165) is 72.2 Å². The molecule has 0 radical (unpaired) electrons. The maximum Gasteiger partial charge on any atom is 0.252 e. The largest absolute Gasteiger partial charge is 0.455 e. The van der Waals surface area contributed by atoms with Gasteiger partial charge in [0.05, 0.1) is 22.3 Å². The third-order valence-electron chi connectivity index (χ3n) is 19.3. The van der Waals surface area contributed by atoms with Crippen LogP contribution in [0.4, 0.5) is 34.1 Å². The Kier molecular flexibility index (Phi) is 9.70. The number of fused-ring (bicyclic) bond motifs is 21. The second-order valence-electron chi connectivity index (χ2n) is 23.8. The number of para-hydroxylation sites is 4. The van der Waals surface area contributed by atoms with Crippen LogP contribution in [0.2, 0.25) is 0 Å². The van der Waals surface area contributed by atoms with Gasteiger partial charge in [-0.1, -0.05) is 194 Å². The molecule has 5 heterocycles. The van der Waals surface area contributed by atoms with Gasteiger partial charge in [0.25, 0.3) is 6.71 Å². The molecule has 86 heavy (non-hydrogen) atoms. The van der Waals surface area contributed by atoms with Gasteiger partial charge in [-0.05, 0) is 164 Å². The van der Waals surface area contributed by atoms with Crippen molar-refractivity contribution in [3.63, 3.8) is 0 Å². The van der Waals surface area contributed by atoms with Crippen molar-refractivity contribution in [2.75, 3.05) is 9.80 Å². The molecule has 5 nitrogen and oxygen atoms in total. The number of hydrogen-bond donors (Lipinski definition) is 0. The van der Waals surface area contributed by atoms with Crippen molar-refractivity contribution in [2.45, 2.75) is 19.3 Å². The standard InChI is InChI=1S/C80H51BN4O/c1-48-35-40-66-71(42-48)84(68-31-15-10-24-53(68)50-20-5-3-6-21-50)73-43-49(2)44-74-77(73)81(66)67-46-61-55-26-9-14-30-62(55)80(65(61)47-72(67)85(74)69-32-16-11-25-54(69)51-22-7-4-8-23-51)63-39-38-58-57-28-13-18-34-75(57)86-78(58)76(63)60-37-36-52(45-64(60)80)83-70-33-17-12-27-56(70)59-29-19-41-82-79(59)83/h3-47H,1-2H3/t80-/m0/s1. The predicted octanol–water partition coefficient (Wildman–Crippen LogP) is 18.5. The maximum atomic E-state index is 7.15. The van der Waals surface area contributed by atoms with Crippen molar-refractivity contribution in [3.8, 4) is 50.2 Å². The summed E-state index contributed by atoms with van der Waals surface area (Å²) in [5, 5.41) is 4.55. The van der Waals surface area contributed by atoms with Gasteiger partial charge in [0.2, 0.25) is 0 Å². The van der Waals surface area contributed by atoms with E-state index in [1.807, 2.05) is 6.20 Å². The molecule has 2 aliphatic carbocycles. The highest BCUT2D eigenvalue weighted by molar-refractivity contribution is 7.00. The first-order valence-electron chi connectivity index (χ1n) is 29.9. The van der Waals surface area contributed by atoms with E-state index in [1.165, 1.54) is 106 Å². The number of rotatable bonds is 5. The van der Waals surface area contributed by atoms with E-state index >= 15 is 0 Å². The van der Waals surface area contributed by atoms with Crippen molar-refractivity contribution in [1.82, 2.24) is 9.55 Å². The van der Waals surface area contributed by atoms with E-state index in [1.54, 1.807) is 0 Å². The third-order valence-corrected chi connectivity index (χ3v) is 19.3. The maximum absolute atomic E-state index is 7.15. The minimum Gasteiger partial charge on any atom is -0.455 e. The van der Waals surface area contributed by atoms with Crippen molar-refractivity contribution < 1.29 is 4.42 Å². The minimum atomic E-state index is -0.775. The van der Waals surface area contributed by atoms with Gasteiger partial charge in [-0.25, -0.2) is 4.98 Å². The van der Waals surface area contributed by atoms with Crippen LogP contribution in [-0.2, 0) is 5.41 Å². The Morgan fingerprint density at radius 1 is 0.384 bits per heavy atom. The molecule has 0 N–H and O–H groups in total. The molecule has 2 aliphatic heterocycles. The number of nitrogens with zero attached hydrogens (tertiary/aromatic N) is 4. The van der Waals surface area contributed by atoms with Crippen LogP contribution in [0.5, 0.6) is 0 Å². The summed E-state index contributed by atoms with van der Waals surface area (Å²) in [5.74, 6) is 0. The summed E-state index contributed by atoms with van der Waals surface area (Å²) in [7, 11) is 0. The number of pyridine rings is 1. The summed E-state index contributed by atoms with van der Waals surface area (Å²) in [5.41, 5.74) is 31.9. The van der Waals surface area contributed by atoms with Gasteiger partial charge in [-0.2, -0.15) is 0 Å². The summed E-state index contributed by atoms with van der Waals surface area (Å²) >= 11 is 0. The zero-order chi connectivity index (χ0) is 56.5. The molecule has 0 amide bonds. The summed E-state index contributed by atoms with van der Waals surface area (Å²) in [6, 6.07) is 99.8. The lowest BCUT2D eigenvalue weighted by molar-refractivity contribution is 0.669. The number of anilines is 6. The average Bonchev–Trinajstić information content (AvgIpc) is 1.43. The second-order valence-corrected chi connectivity index (χ2v) is 23.8. The van der Waals surface area contributed by atoms with Gasteiger partial charge in [-0.3, -0.25) is 4.57 Å². The fourth-order valence-electron chi connectivity index (χ4n) is 15.9. The summed E-state index contributed by atoms with van der Waals surface area (Å²) < 4.78 is 9.52. The average molecular weight is 1100 g/mol. The second kappa shape index (κ2) is 17.6. The van der Waals surface area contributed by atoms with Crippen LogP contribution in [0.25, 0.3) is 94.1 Å². The first-order valence-corrected chi connectivity index (χ1v) is 29.9. The summed E-state index contributed by atoms with van der Waals surface area (Å²) in [4.78, 5) is 10.3. The number of aromatic nitrogens is 2. The van der Waals surface area contributed by atoms with Gasteiger partial charge in [0.1, 0.15) is 16.8 Å². The molecular weight excluding hydrogens is 1040 g/mol. The lowest BCUT2D eigenvalue weighted by Crippen LogP contribution is -2.61. The van der Waals surface area contributed by atoms with Crippen molar-refractivity contribution in [1.29, 1.82) is 0 Å². The van der Waals surface area contributed by atoms with Gasteiger partial charge in [0, 0.05) is 72.9 Å². The molecule has 0 saturated carbocycles. The Bertz CT molecular complexity index is 5370. The predicted molar refractivity (Wildman–Crippen MR) is 357 cm³/mol. The lowest BCUT2D eigenvalue weighted by Gasteiger charge is -2.45. The van der Waals surface area contributed by atoms with Gasteiger partial charge >= 0.3 is 0 Å². The zero-order valence-electron chi connectivity index (χ0n) is 47.3. The fraction of sp³-hybridized carbons (Fsp3) is 0.0375. The Labute approximate surface area is 498 Å². The van der Waals surface area contributed by atoms with Crippen LogP contribution < -0.4 is 26.2 Å². The molecule has 0 fully saturated rings. The van der Waals surface area contributed by atoms with Crippen LogP contribution in [0, 0.1) is 13.8 Å². The Hall–Kier alpha value is -10.9. The Balaban J connectivity index is 0.945. The molecule has 0 unspecified atom stereocenters. The molecule has 3 aromatic heterocycles. The first-order chi connectivity index (χ1) is 42.5. The van der Waals surface area contributed by atoms with Crippen molar-refractivity contribution >= 4 is 101 Å². The molecule has 12 aromatic carbocycles. The highest BCUT2D eigenvalue weighted by atomic mass is 16.3. The number of hydrogen-bond acceptors (Lipinski definition) is 4. The molecule has 0 bridgehead atoms. The SMILES string of the molecule is Cc1ccc2c(c1)N(c1ccccc1-c1ccccc1)c1cc(C)cc3c1B2c1cc2c(cc1N3c1ccccc1-c1ccccc1)[C@]1(c3ccccc3-2)c2cc(-n3c4ccccc4c4cccnc43)ccc2-c2c1ccc1c2oc2ccccc21. The third kappa shape index (κ3) is 6.26. The van der Waals surface area contributed by atoms with Gasteiger partial charge < -0.3 is 14.2 Å². The highest BCUT2D eigenvalue weighted by Crippen LogP contribution is 2.65.